The summed E-state index contributed by atoms with van der Waals surface area (Å²) in [5, 5.41) is 5.70. The Kier molecular flexibility index (Phi) is 7.04. The van der Waals surface area contributed by atoms with E-state index in [2.05, 4.69) is 46.7 Å². The Morgan fingerprint density at radius 3 is 2.52 bits per heavy atom. The zero-order valence-electron chi connectivity index (χ0n) is 17.6. The van der Waals surface area contributed by atoms with E-state index >= 15 is 0 Å². The number of hydrogen-bond donors (Lipinski definition) is 2. The lowest BCUT2D eigenvalue weighted by molar-refractivity contribution is -0.120. The Hall–Kier alpha value is -2.66. The first-order valence-corrected chi connectivity index (χ1v) is 10.4. The molecule has 5 heteroatoms. The van der Waals surface area contributed by atoms with Crippen LogP contribution in [0, 0.1) is 13.8 Å². The van der Waals surface area contributed by atoms with Gasteiger partial charge in [-0.2, -0.15) is 0 Å². The van der Waals surface area contributed by atoms with Crippen molar-refractivity contribution < 1.29 is 9.59 Å². The number of aryl methyl sites for hydroxylation is 2. The standard InChI is InChI=1S/C24H31N3O2/c1-4-22(27-12-11-19-7-5-6-8-21(19)16-27)14-25-23(28)15-26-24(29)20-10-9-17(2)18(3)13-20/h5-10,13,22H,4,11-12,14-16H2,1-3H3,(H,25,28)(H,26,29). The van der Waals surface area contributed by atoms with Gasteiger partial charge in [0.25, 0.3) is 5.91 Å². The first kappa shape index (κ1) is 21.1. The highest BCUT2D eigenvalue weighted by molar-refractivity contribution is 5.96. The first-order chi connectivity index (χ1) is 14.0. The second-order valence-corrected chi connectivity index (χ2v) is 7.84. The van der Waals surface area contributed by atoms with Crippen LogP contribution in [-0.2, 0) is 17.8 Å². The van der Waals surface area contributed by atoms with Crippen LogP contribution < -0.4 is 10.6 Å². The van der Waals surface area contributed by atoms with Crippen molar-refractivity contribution in [2.75, 3.05) is 19.6 Å². The molecule has 0 fully saturated rings. The number of amides is 2. The van der Waals surface area contributed by atoms with Gasteiger partial charge in [-0.25, -0.2) is 0 Å². The molecule has 0 saturated carbocycles. The van der Waals surface area contributed by atoms with Gasteiger partial charge in [-0.05, 0) is 61.1 Å². The van der Waals surface area contributed by atoms with Crippen molar-refractivity contribution in [3.8, 4) is 0 Å². The van der Waals surface area contributed by atoms with E-state index in [1.165, 1.54) is 11.1 Å². The molecule has 0 aromatic heterocycles. The van der Waals surface area contributed by atoms with E-state index in [-0.39, 0.29) is 18.4 Å². The molecule has 154 valence electrons. The number of benzene rings is 2. The SMILES string of the molecule is CCC(CNC(=O)CNC(=O)c1ccc(C)c(C)c1)N1CCc2ccccc2C1. The molecule has 1 atom stereocenters. The van der Waals surface area contributed by atoms with Crippen LogP contribution in [0.25, 0.3) is 0 Å². The molecule has 0 aliphatic carbocycles. The van der Waals surface area contributed by atoms with Crippen LogP contribution in [0.3, 0.4) is 0 Å². The monoisotopic (exact) mass is 393 g/mol. The highest BCUT2D eigenvalue weighted by Crippen LogP contribution is 2.21. The molecule has 2 aromatic rings. The summed E-state index contributed by atoms with van der Waals surface area (Å²) in [6.07, 6.45) is 2.02. The van der Waals surface area contributed by atoms with E-state index in [0.29, 0.717) is 18.2 Å². The maximum absolute atomic E-state index is 12.3. The number of nitrogens with one attached hydrogen (secondary N) is 2. The minimum absolute atomic E-state index is 0.00890. The van der Waals surface area contributed by atoms with Crippen LogP contribution in [0.1, 0.15) is 46.0 Å². The third-order valence-electron chi connectivity index (χ3n) is 5.86. The third kappa shape index (κ3) is 5.45. The van der Waals surface area contributed by atoms with Gasteiger partial charge >= 0.3 is 0 Å². The Morgan fingerprint density at radius 1 is 1.03 bits per heavy atom. The summed E-state index contributed by atoms with van der Waals surface area (Å²) in [4.78, 5) is 27.0. The molecule has 3 rings (SSSR count). The summed E-state index contributed by atoms with van der Waals surface area (Å²) in [5.74, 6) is -0.374. The second-order valence-electron chi connectivity index (χ2n) is 7.84. The minimum Gasteiger partial charge on any atom is -0.353 e. The number of nitrogens with zero attached hydrogens (tertiary/aromatic N) is 1. The van der Waals surface area contributed by atoms with Crippen molar-refractivity contribution in [1.29, 1.82) is 0 Å². The average molecular weight is 394 g/mol. The van der Waals surface area contributed by atoms with E-state index in [9.17, 15) is 9.59 Å². The molecule has 0 radical (unpaired) electrons. The van der Waals surface area contributed by atoms with Gasteiger partial charge < -0.3 is 10.6 Å². The van der Waals surface area contributed by atoms with Crippen LogP contribution in [-0.4, -0.2) is 42.4 Å². The molecular weight excluding hydrogens is 362 g/mol. The van der Waals surface area contributed by atoms with Crippen molar-refractivity contribution in [2.24, 2.45) is 0 Å². The van der Waals surface area contributed by atoms with Gasteiger partial charge in [0.1, 0.15) is 0 Å². The fourth-order valence-electron chi connectivity index (χ4n) is 3.80. The van der Waals surface area contributed by atoms with Crippen molar-refractivity contribution in [3.63, 3.8) is 0 Å². The first-order valence-electron chi connectivity index (χ1n) is 10.4. The van der Waals surface area contributed by atoms with Gasteiger partial charge in [0, 0.05) is 31.2 Å². The van der Waals surface area contributed by atoms with Crippen molar-refractivity contribution >= 4 is 11.8 Å². The molecule has 2 amide bonds. The number of rotatable bonds is 7. The number of carbonyl (C=O) groups is 2. The predicted octanol–water partition coefficient (Wildman–Crippen LogP) is 2.99. The summed E-state index contributed by atoms with van der Waals surface area (Å²) in [6, 6.07) is 14.4. The average Bonchev–Trinajstić information content (AvgIpc) is 2.74. The molecule has 1 heterocycles. The molecule has 5 nitrogen and oxygen atoms in total. The van der Waals surface area contributed by atoms with Gasteiger partial charge in [0.15, 0.2) is 0 Å². The summed E-state index contributed by atoms with van der Waals surface area (Å²) in [5.41, 5.74) is 5.60. The van der Waals surface area contributed by atoms with Crippen molar-refractivity contribution in [3.05, 3.63) is 70.3 Å². The number of carbonyl (C=O) groups excluding carboxylic acids is 2. The van der Waals surface area contributed by atoms with E-state index in [1.807, 2.05) is 26.0 Å². The second kappa shape index (κ2) is 9.70. The molecule has 2 N–H and O–H groups in total. The van der Waals surface area contributed by atoms with E-state index < -0.39 is 0 Å². The molecular formula is C24H31N3O2. The Balaban J connectivity index is 1.46. The van der Waals surface area contributed by atoms with Gasteiger partial charge in [-0.15, -0.1) is 0 Å². The van der Waals surface area contributed by atoms with Crippen LogP contribution in [0.4, 0.5) is 0 Å². The summed E-state index contributed by atoms with van der Waals surface area (Å²) < 4.78 is 0. The topological polar surface area (TPSA) is 61.4 Å². The predicted molar refractivity (Wildman–Crippen MR) is 116 cm³/mol. The lowest BCUT2D eigenvalue weighted by atomic mass is 9.98. The number of hydrogen-bond acceptors (Lipinski definition) is 3. The number of fused-ring (bicyclic) bond motifs is 1. The van der Waals surface area contributed by atoms with Crippen LogP contribution >= 0.6 is 0 Å². The maximum atomic E-state index is 12.3. The van der Waals surface area contributed by atoms with Crippen molar-refractivity contribution in [2.45, 2.75) is 46.2 Å². The molecule has 0 saturated heterocycles. The third-order valence-corrected chi connectivity index (χ3v) is 5.86. The van der Waals surface area contributed by atoms with E-state index in [4.69, 9.17) is 0 Å². The van der Waals surface area contributed by atoms with Crippen LogP contribution in [0.5, 0.6) is 0 Å². The molecule has 1 aliphatic rings. The molecule has 29 heavy (non-hydrogen) atoms. The zero-order chi connectivity index (χ0) is 20.8. The summed E-state index contributed by atoms with van der Waals surface area (Å²) in [7, 11) is 0. The largest absolute Gasteiger partial charge is 0.353 e. The highest BCUT2D eigenvalue weighted by atomic mass is 16.2. The fraction of sp³-hybridized carbons (Fsp3) is 0.417. The smallest absolute Gasteiger partial charge is 0.251 e. The summed E-state index contributed by atoms with van der Waals surface area (Å²) in [6.45, 7) is 8.65. The Labute approximate surface area is 173 Å². The molecule has 1 aliphatic heterocycles. The molecule has 0 bridgehead atoms. The normalized spacial score (nSPS) is 14.7. The Bertz CT molecular complexity index is 878. The Morgan fingerprint density at radius 2 is 1.79 bits per heavy atom. The van der Waals surface area contributed by atoms with Crippen LogP contribution in [0.15, 0.2) is 42.5 Å². The zero-order valence-corrected chi connectivity index (χ0v) is 17.6. The maximum Gasteiger partial charge on any atom is 0.251 e. The quantitative estimate of drug-likeness (QED) is 0.760. The highest BCUT2D eigenvalue weighted by Gasteiger charge is 2.22. The van der Waals surface area contributed by atoms with Crippen LogP contribution in [0.2, 0.25) is 0 Å². The van der Waals surface area contributed by atoms with Gasteiger partial charge in [0.2, 0.25) is 5.91 Å². The van der Waals surface area contributed by atoms with E-state index in [1.54, 1.807) is 6.07 Å². The van der Waals surface area contributed by atoms with Gasteiger partial charge in [-0.3, -0.25) is 14.5 Å². The molecule has 0 spiro atoms. The van der Waals surface area contributed by atoms with E-state index in [0.717, 1.165) is 37.1 Å². The van der Waals surface area contributed by atoms with Gasteiger partial charge in [-0.1, -0.05) is 37.3 Å². The summed E-state index contributed by atoms with van der Waals surface area (Å²) >= 11 is 0. The fourth-order valence-corrected chi connectivity index (χ4v) is 3.80. The molecule has 1 unspecified atom stereocenters. The lowest BCUT2D eigenvalue weighted by Gasteiger charge is -2.35. The van der Waals surface area contributed by atoms with Gasteiger partial charge in [0.05, 0.1) is 6.54 Å². The minimum atomic E-state index is -0.220. The van der Waals surface area contributed by atoms with Crippen molar-refractivity contribution in [1.82, 2.24) is 15.5 Å². The molecule has 2 aromatic carbocycles. The lowest BCUT2D eigenvalue weighted by Crippen LogP contribution is -2.47.